The average molecular weight is 375 g/mol. The van der Waals surface area contributed by atoms with Crippen LogP contribution in [0, 0.1) is 5.92 Å². The van der Waals surface area contributed by atoms with Crippen LogP contribution in [0.3, 0.4) is 0 Å². The number of nitrogens with one attached hydrogen (secondary N) is 1. The molecule has 1 heterocycles. The minimum atomic E-state index is -0.967. The van der Waals surface area contributed by atoms with E-state index < -0.39 is 11.9 Å². The number of carboxylic acids is 1. The van der Waals surface area contributed by atoms with Crippen molar-refractivity contribution in [3.63, 3.8) is 0 Å². The SMILES string of the molecule is NCCCC(=O)NC[C@@H]1C[C@@H](CC(=O)O)C(=O)N1CCCc1ccccc1. The minimum Gasteiger partial charge on any atom is -0.481 e. The molecule has 0 radical (unpaired) electrons. The molecule has 2 amide bonds. The molecule has 1 aromatic carbocycles. The molecule has 0 bridgehead atoms. The Balaban J connectivity index is 1.91. The number of hydrogen-bond donors (Lipinski definition) is 3. The summed E-state index contributed by atoms with van der Waals surface area (Å²) in [6.07, 6.45) is 2.94. The number of aliphatic carboxylic acids is 1. The summed E-state index contributed by atoms with van der Waals surface area (Å²) in [7, 11) is 0. The van der Waals surface area contributed by atoms with E-state index in [9.17, 15) is 14.4 Å². The van der Waals surface area contributed by atoms with Crippen molar-refractivity contribution in [2.45, 2.75) is 44.6 Å². The Morgan fingerprint density at radius 1 is 1.22 bits per heavy atom. The Labute approximate surface area is 159 Å². The standard InChI is InChI=1S/C20H29N3O4/c21-10-4-9-18(24)22-14-17-12-16(13-19(25)26)20(27)23(17)11-5-8-15-6-2-1-3-7-15/h1-3,6-7,16-17H,4-5,8-14,21H2,(H,22,24)(H,25,26)/t16-,17-/m0/s1. The van der Waals surface area contributed by atoms with Gasteiger partial charge in [-0.15, -0.1) is 0 Å². The van der Waals surface area contributed by atoms with E-state index in [1.54, 1.807) is 4.90 Å². The Morgan fingerprint density at radius 2 is 1.96 bits per heavy atom. The van der Waals surface area contributed by atoms with Crippen molar-refractivity contribution in [1.29, 1.82) is 0 Å². The first-order valence-electron chi connectivity index (χ1n) is 9.54. The number of nitrogens with two attached hydrogens (primary N) is 1. The zero-order valence-corrected chi connectivity index (χ0v) is 15.6. The Hall–Kier alpha value is -2.41. The number of carboxylic acid groups (broad SMARTS) is 1. The Bertz CT molecular complexity index is 635. The molecule has 0 aromatic heterocycles. The van der Waals surface area contributed by atoms with Crippen molar-refractivity contribution in [2.24, 2.45) is 11.7 Å². The maximum atomic E-state index is 12.6. The third-order valence-electron chi connectivity index (χ3n) is 4.90. The Morgan fingerprint density at radius 3 is 2.63 bits per heavy atom. The molecule has 4 N–H and O–H groups in total. The summed E-state index contributed by atoms with van der Waals surface area (Å²) in [5.74, 6) is -1.68. The fourth-order valence-electron chi connectivity index (χ4n) is 3.52. The lowest BCUT2D eigenvalue weighted by Crippen LogP contribution is -2.42. The van der Waals surface area contributed by atoms with Gasteiger partial charge in [-0.25, -0.2) is 0 Å². The van der Waals surface area contributed by atoms with E-state index >= 15 is 0 Å². The zero-order valence-electron chi connectivity index (χ0n) is 15.6. The van der Waals surface area contributed by atoms with Crippen LogP contribution in [-0.2, 0) is 20.8 Å². The molecule has 2 atom stereocenters. The number of aryl methyl sites for hydroxylation is 1. The molecule has 0 unspecified atom stereocenters. The molecule has 0 aliphatic carbocycles. The first-order valence-corrected chi connectivity index (χ1v) is 9.54. The molecule has 7 nitrogen and oxygen atoms in total. The van der Waals surface area contributed by atoms with Gasteiger partial charge in [-0.05, 0) is 37.8 Å². The maximum Gasteiger partial charge on any atom is 0.304 e. The smallest absolute Gasteiger partial charge is 0.304 e. The predicted octanol–water partition coefficient (Wildman–Crippen LogP) is 1.17. The van der Waals surface area contributed by atoms with Crippen LogP contribution in [0.25, 0.3) is 0 Å². The highest BCUT2D eigenvalue weighted by Gasteiger charge is 2.39. The maximum absolute atomic E-state index is 12.6. The summed E-state index contributed by atoms with van der Waals surface area (Å²) in [5.41, 5.74) is 6.62. The molecule has 1 fully saturated rings. The quantitative estimate of drug-likeness (QED) is 0.537. The number of amides is 2. The number of rotatable bonds is 11. The lowest BCUT2D eigenvalue weighted by molar-refractivity contribution is -0.142. The van der Waals surface area contributed by atoms with Crippen molar-refractivity contribution in [2.75, 3.05) is 19.6 Å². The molecular weight excluding hydrogens is 346 g/mol. The number of hydrogen-bond acceptors (Lipinski definition) is 4. The fourth-order valence-corrected chi connectivity index (χ4v) is 3.52. The molecule has 1 saturated heterocycles. The van der Waals surface area contributed by atoms with Crippen molar-refractivity contribution >= 4 is 17.8 Å². The van der Waals surface area contributed by atoms with Crippen LogP contribution in [0.4, 0.5) is 0 Å². The molecule has 0 saturated carbocycles. The largest absolute Gasteiger partial charge is 0.481 e. The van der Waals surface area contributed by atoms with E-state index in [1.165, 1.54) is 5.56 Å². The van der Waals surface area contributed by atoms with Crippen molar-refractivity contribution < 1.29 is 19.5 Å². The van der Waals surface area contributed by atoms with Gasteiger partial charge in [0.05, 0.1) is 12.3 Å². The third kappa shape index (κ3) is 6.67. The van der Waals surface area contributed by atoms with Crippen molar-refractivity contribution in [3.8, 4) is 0 Å². The van der Waals surface area contributed by atoms with Crippen molar-refractivity contribution in [3.05, 3.63) is 35.9 Å². The van der Waals surface area contributed by atoms with Gasteiger partial charge >= 0.3 is 5.97 Å². The summed E-state index contributed by atoms with van der Waals surface area (Å²) >= 11 is 0. The number of carbonyl (C=O) groups is 3. The lowest BCUT2D eigenvalue weighted by Gasteiger charge is -2.25. The van der Waals surface area contributed by atoms with Crippen LogP contribution in [0.1, 0.15) is 37.7 Å². The van der Waals surface area contributed by atoms with Gasteiger partial charge in [-0.2, -0.15) is 0 Å². The molecule has 148 valence electrons. The summed E-state index contributed by atoms with van der Waals surface area (Å²) in [6, 6.07) is 9.88. The van der Waals surface area contributed by atoms with Crippen LogP contribution in [-0.4, -0.2) is 53.5 Å². The van der Waals surface area contributed by atoms with Gasteiger partial charge in [0.2, 0.25) is 11.8 Å². The number of benzene rings is 1. The van der Waals surface area contributed by atoms with Crippen molar-refractivity contribution in [1.82, 2.24) is 10.2 Å². The van der Waals surface area contributed by atoms with E-state index in [0.29, 0.717) is 38.9 Å². The van der Waals surface area contributed by atoms with Gasteiger partial charge in [-0.3, -0.25) is 14.4 Å². The van der Waals surface area contributed by atoms with Gasteiger partial charge in [0, 0.05) is 25.6 Å². The summed E-state index contributed by atoms with van der Waals surface area (Å²) in [6.45, 7) is 1.38. The lowest BCUT2D eigenvalue weighted by atomic mass is 10.0. The molecule has 27 heavy (non-hydrogen) atoms. The molecule has 1 aliphatic heterocycles. The highest BCUT2D eigenvalue weighted by Crippen LogP contribution is 2.27. The Kier molecular flexibility index (Phi) is 8.26. The zero-order chi connectivity index (χ0) is 19.6. The molecular formula is C20H29N3O4. The van der Waals surface area contributed by atoms with E-state index in [0.717, 1.165) is 12.8 Å². The molecule has 7 heteroatoms. The number of carbonyl (C=O) groups excluding carboxylic acids is 2. The van der Waals surface area contributed by atoms with Crippen LogP contribution in [0.15, 0.2) is 30.3 Å². The van der Waals surface area contributed by atoms with Gasteiger partial charge in [0.1, 0.15) is 0 Å². The first-order chi connectivity index (χ1) is 13.0. The second kappa shape index (κ2) is 10.7. The monoisotopic (exact) mass is 375 g/mol. The van der Waals surface area contributed by atoms with Crippen LogP contribution >= 0.6 is 0 Å². The second-order valence-electron chi connectivity index (χ2n) is 7.00. The van der Waals surface area contributed by atoms with Crippen LogP contribution in [0.5, 0.6) is 0 Å². The first kappa shape index (κ1) is 20.9. The average Bonchev–Trinajstić information content (AvgIpc) is 2.94. The molecule has 1 aromatic rings. The van der Waals surface area contributed by atoms with Crippen LogP contribution < -0.4 is 11.1 Å². The molecule has 0 spiro atoms. The van der Waals surface area contributed by atoms with Gasteiger partial charge in [0.15, 0.2) is 0 Å². The third-order valence-corrected chi connectivity index (χ3v) is 4.90. The summed E-state index contributed by atoms with van der Waals surface area (Å²) < 4.78 is 0. The van der Waals surface area contributed by atoms with Gasteiger partial charge in [0.25, 0.3) is 0 Å². The number of likely N-dealkylation sites (tertiary alicyclic amines) is 1. The molecule has 2 rings (SSSR count). The number of nitrogens with zero attached hydrogens (tertiary/aromatic N) is 1. The molecule has 1 aliphatic rings. The summed E-state index contributed by atoms with van der Waals surface area (Å²) in [5, 5.41) is 11.9. The van der Waals surface area contributed by atoms with E-state index in [4.69, 9.17) is 10.8 Å². The highest BCUT2D eigenvalue weighted by molar-refractivity contribution is 5.85. The van der Waals surface area contributed by atoms with Gasteiger partial charge < -0.3 is 21.1 Å². The second-order valence-corrected chi connectivity index (χ2v) is 7.00. The fraction of sp³-hybridized carbons (Fsp3) is 0.550. The highest BCUT2D eigenvalue weighted by atomic mass is 16.4. The normalized spacial score (nSPS) is 19.3. The van der Waals surface area contributed by atoms with E-state index in [2.05, 4.69) is 5.32 Å². The van der Waals surface area contributed by atoms with Gasteiger partial charge in [-0.1, -0.05) is 30.3 Å². The predicted molar refractivity (Wildman–Crippen MR) is 102 cm³/mol. The minimum absolute atomic E-state index is 0.0844. The van der Waals surface area contributed by atoms with E-state index in [-0.39, 0.29) is 24.3 Å². The topological polar surface area (TPSA) is 113 Å². The summed E-state index contributed by atoms with van der Waals surface area (Å²) in [4.78, 5) is 37.3. The van der Waals surface area contributed by atoms with E-state index in [1.807, 2.05) is 30.3 Å². The van der Waals surface area contributed by atoms with Crippen LogP contribution in [0.2, 0.25) is 0 Å².